The molecule has 0 aliphatic rings. The van der Waals surface area contributed by atoms with Crippen molar-refractivity contribution in [2.45, 2.75) is 13.5 Å². The molecule has 0 atom stereocenters. The minimum atomic E-state index is -0.429. The second-order valence-electron chi connectivity index (χ2n) is 7.17. The number of nitrogens with zero attached hydrogens (tertiary/aromatic N) is 3. The lowest BCUT2D eigenvalue weighted by atomic mass is 10.2. The first kappa shape index (κ1) is 20.8. The number of anilines is 1. The van der Waals surface area contributed by atoms with E-state index in [2.05, 4.69) is 31.5 Å². The van der Waals surface area contributed by atoms with Crippen LogP contribution in [0.25, 0.3) is 10.9 Å². The molecule has 4 aromatic rings. The number of nitrogens with one attached hydrogen (secondary N) is 1. The molecule has 2 N–H and O–H groups in total. The number of carbonyl (C=O) groups excluding carboxylic acids is 1. The van der Waals surface area contributed by atoms with Crippen LogP contribution in [0.1, 0.15) is 11.1 Å². The Morgan fingerprint density at radius 2 is 1.81 bits per heavy atom. The maximum atomic E-state index is 12.3. The Labute approximate surface area is 188 Å². The Kier molecular flexibility index (Phi) is 6.13. The summed E-state index contributed by atoms with van der Waals surface area (Å²) in [5, 5.41) is 22.6. The number of para-hydroxylation sites is 1. The molecule has 0 aliphatic carbocycles. The quantitative estimate of drug-likeness (QED) is 0.325. The van der Waals surface area contributed by atoms with Crippen molar-refractivity contribution in [2.75, 3.05) is 11.9 Å². The highest BCUT2D eigenvalue weighted by molar-refractivity contribution is 9.10. The molecule has 156 valence electrons. The van der Waals surface area contributed by atoms with Gasteiger partial charge in [-0.3, -0.25) is 4.79 Å². The fraction of sp³-hybridized carbons (Fsp3) is 0.125. The zero-order valence-electron chi connectivity index (χ0n) is 16.9. The third-order valence-electron chi connectivity index (χ3n) is 4.99. The molecule has 1 aromatic heterocycles. The SMILES string of the molecule is Cc1ccccc1NCC(=O)N=Nc1c(O)n(Cc2ccccc2)c2ccc(Br)cc12. The molecule has 0 fully saturated rings. The third kappa shape index (κ3) is 4.67. The van der Waals surface area contributed by atoms with E-state index in [0.717, 1.165) is 26.8 Å². The number of hydrogen-bond acceptors (Lipinski definition) is 4. The molecular weight excluding hydrogens is 456 g/mol. The lowest BCUT2D eigenvalue weighted by molar-refractivity contribution is -0.116. The van der Waals surface area contributed by atoms with E-state index in [1.807, 2.05) is 79.7 Å². The van der Waals surface area contributed by atoms with Crippen molar-refractivity contribution in [1.29, 1.82) is 0 Å². The first-order chi connectivity index (χ1) is 15.0. The van der Waals surface area contributed by atoms with Crippen molar-refractivity contribution in [3.05, 3.63) is 88.4 Å². The van der Waals surface area contributed by atoms with Gasteiger partial charge in [0.05, 0.1) is 18.6 Å². The van der Waals surface area contributed by atoms with Crippen LogP contribution in [0, 0.1) is 6.92 Å². The monoisotopic (exact) mass is 476 g/mol. The fourth-order valence-corrected chi connectivity index (χ4v) is 3.76. The molecule has 1 heterocycles. The van der Waals surface area contributed by atoms with Gasteiger partial charge in [-0.05, 0) is 42.3 Å². The van der Waals surface area contributed by atoms with E-state index in [9.17, 15) is 9.90 Å². The summed E-state index contributed by atoms with van der Waals surface area (Å²) in [7, 11) is 0. The molecule has 3 aromatic carbocycles. The van der Waals surface area contributed by atoms with Gasteiger partial charge in [-0.15, -0.1) is 10.2 Å². The Bertz CT molecular complexity index is 1270. The highest BCUT2D eigenvalue weighted by Gasteiger charge is 2.17. The van der Waals surface area contributed by atoms with Gasteiger partial charge in [-0.25, -0.2) is 0 Å². The van der Waals surface area contributed by atoms with Crippen molar-refractivity contribution >= 4 is 44.1 Å². The minimum Gasteiger partial charge on any atom is -0.493 e. The maximum absolute atomic E-state index is 12.3. The van der Waals surface area contributed by atoms with Crippen molar-refractivity contribution in [1.82, 2.24) is 4.57 Å². The van der Waals surface area contributed by atoms with E-state index in [1.165, 1.54) is 0 Å². The summed E-state index contributed by atoms with van der Waals surface area (Å²) in [6, 6.07) is 23.2. The summed E-state index contributed by atoms with van der Waals surface area (Å²) in [4.78, 5) is 12.3. The number of halogens is 1. The molecule has 0 saturated heterocycles. The molecule has 0 aliphatic heterocycles. The first-order valence-electron chi connectivity index (χ1n) is 9.81. The normalized spacial score (nSPS) is 11.3. The number of aromatic hydroxyl groups is 1. The second kappa shape index (κ2) is 9.14. The van der Waals surface area contributed by atoms with E-state index in [1.54, 1.807) is 4.57 Å². The van der Waals surface area contributed by atoms with Gasteiger partial charge in [0.25, 0.3) is 5.91 Å². The van der Waals surface area contributed by atoms with Crippen LogP contribution in [0.2, 0.25) is 0 Å². The number of aromatic nitrogens is 1. The van der Waals surface area contributed by atoms with Gasteiger partial charge in [0.15, 0.2) is 5.69 Å². The van der Waals surface area contributed by atoms with E-state index >= 15 is 0 Å². The molecule has 0 bridgehead atoms. The lowest BCUT2D eigenvalue weighted by Crippen LogP contribution is -2.11. The summed E-state index contributed by atoms with van der Waals surface area (Å²) >= 11 is 3.46. The summed E-state index contributed by atoms with van der Waals surface area (Å²) in [5.41, 5.74) is 4.04. The Balaban J connectivity index is 1.60. The average molecular weight is 477 g/mol. The number of amides is 1. The summed E-state index contributed by atoms with van der Waals surface area (Å²) < 4.78 is 2.61. The van der Waals surface area contributed by atoms with Crippen LogP contribution < -0.4 is 5.32 Å². The molecule has 0 radical (unpaired) electrons. The Hall–Kier alpha value is -3.45. The van der Waals surface area contributed by atoms with Crippen LogP contribution in [0.15, 0.2) is 87.5 Å². The Morgan fingerprint density at radius 3 is 2.58 bits per heavy atom. The lowest BCUT2D eigenvalue weighted by Gasteiger charge is -2.07. The Morgan fingerprint density at radius 1 is 1.06 bits per heavy atom. The topological polar surface area (TPSA) is 79.0 Å². The molecule has 0 spiro atoms. The van der Waals surface area contributed by atoms with Crippen molar-refractivity contribution in [3.63, 3.8) is 0 Å². The van der Waals surface area contributed by atoms with Crippen LogP contribution in [-0.4, -0.2) is 22.1 Å². The van der Waals surface area contributed by atoms with E-state index in [-0.39, 0.29) is 18.1 Å². The smallest absolute Gasteiger partial charge is 0.283 e. The molecule has 0 unspecified atom stereocenters. The van der Waals surface area contributed by atoms with Gasteiger partial charge >= 0.3 is 0 Å². The van der Waals surface area contributed by atoms with Crippen molar-refractivity contribution in [3.8, 4) is 5.88 Å². The van der Waals surface area contributed by atoms with Gasteiger partial charge in [-0.1, -0.05) is 64.5 Å². The third-order valence-corrected chi connectivity index (χ3v) is 5.49. The van der Waals surface area contributed by atoms with E-state index in [0.29, 0.717) is 11.9 Å². The number of carbonyl (C=O) groups is 1. The second-order valence-corrected chi connectivity index (χ2v) is 8.08. The zero-order chi connectivity index (χ0) is 21.8. The standard InChI is InChI=1S/C24H21BrN4O2/c1-16-7-5-6-10-20(16)26-14-22(30)27-28-23-19-13-18(25)11-12-21(19)29(24(23)31)15-17-8-3-2-4-9-17/h2-13,26,31H,14-15H2,1H3. The van der Waals surface area contributed by atoms with Crippen LogP contribution >= 0.6 is 15.9 Å². The molecular formula is C24H21BrN4O2. The van der Waals surface area contributed by atoms with Crippen molar-refractivity contribution < 1.29 is 9.90 Å². The molecule has 1 amide bonds. The van der Waals surface area contributed by atoms with Crippen molar-refractivity contribution in [2.24, 2.45) is 10.2 Å². The van der Waals surface area contributed by atoms with Crippen LogP contribution in [0.4, 0.5) is 11.4 Å². The summed E-state index contributed by atoms with van der Waals surface area (Å²) in [6.07, 6.45) is 0. The van der Waals surface area contributed by atoms with E-state index < -0.39 is 5.91 Å². The average Bonchev–Trinajstić information content (AvgIpc) is 3.02. The maximum Gasteiger partial charge on any atom is 0.283 e. The van der Waals surface area contributed by atoms with Gasteiger partial charge in [0.2, 0.25) is 5.88 Å². The molecule has 4 rings (SSSR count). The van der Waals surface area contributed by atoms with Crippen LogP contribution in [0.3, 0.4) is 0 Å². The van der Waals surface area contributed by atoms with Crippen LogP contribution in [-0.2, 0) is 11.3 Å². The highest BCUT2D eigenvalue weighted by atomic mass is 79.9. The van der Waals surface area contributed by atoms with E-state index in [4.69, 9.17) is 0 Å². The number of rotatable bonds is 6. The number of hydrogen-bond donors (Lipinski definition) is 2. The first-order valence-corrected chi connectivity index (χ1v) is 10.6. The fourth-order valence-electron chi connectivity index (χ4n) is 3.40. The summed E-state index contributed by atoms with van der Waals surface area (Å²) in [6.45, 7) is 2.45. The van der Waals surface area contributed by atoms with Gasteiger partial charge in [-0.2, -0.15) is 0 Å². The minimum absolute atomic E-state index is 0.0153. The molecule has 7 heteroatoms. The number of fused-ring (bicyclic) bond motifs is 1. The predicted molar refractivity (Wildman–Crippen MR) is 126 cm³/mol. The molecule has 6 nitrogen and oxygen atoms in total. The number of benzene rings is 3. The molecule has 0 saturated carbocycles. The number of azo groups is 1. The summed E-state index contributed by atoms with van der Waals surface area (Å²) in [5.74, 6) is -0.457. The predicted octanol–water partition coefficient (Wildman–Crippen LogP) is 6.19. The molecule has 31 heavy (non-hydrogen) atoms. The van der Waals surface area contributed by atoms with Gasteiger partial charge in [0, 0.05) is 15.5 Å². The van der Waals surface area contributed by atoms with Gasteiger partial charge < -0.3 is 15.0 Å². The highest BCUT2D eigenvalue weighted by Crippen LogP contribution is 2.40. The van der Waals surface area contributed by atoms with Crippen LogP contribution in [0.5, 0.6) is 5.88 Å². The zero-order valence-corrected chi connectivity index (χ0v) is 18.5. The van der Waals surface area contributed by atoms with Gasteiger partial charge in [0.1, 0.15) is 0 Å². The number of aryl methyl sites for hydroxylation is 1. The largest absolute Gasteiger partial charge is 0.493 e.